The van der Waals surface area contributed by atoms with Gasteiger partial charge >= 0.3 is 0 Å². The summed E-state index contributed by atoms with van der Waals surface area (Å²) in [5, 5.41) is 10.7. The van der Waals surface area contributed by atoms with Crippen LogP contribution in [0.5, 0.6) is 0 Å². The second-order valence-corrected chi connectivity index (χ2v) is 6.21. The summed E-state index contributed by atoms with van der Waals surface area (Å²) in [5.74, 6) is 0.510. The molecule has 2 amide bonds. The van der Waals surface area contributed by atoms with E-state index >= 15 is 0 Å². The van der Waals surface area contributed by atoms with Crippen molar-refractivity contribution < 1.29 is 14.1 Å². The van der Waals surface area contributed by atoms with Crippen LogP contribution < -0.4 is 5.73 Å². The Bertz CT molecular complexity index is 736. The van der Waals surface area contributed by atoms with Crippen molar-refractivity contribution in [3.05, 3.63) is 34.5 Å². The summed E-state index contributed by atoms with van der Waals surface area (Å²) in [6.07, 6.45) is 1.98. The van der Waals surface area contributed by atoms with Gasteiger partial charge in [-0.05, 0) is 32.8 Å². The van der Waals surface area contributed by atoms with Crippen molar-refractivity contribution in [2.75, 3.05) is 13.1 Å². The third kappa shape index (κ3) is 3.17. The van der Waals surface area contributed by atoms with E-state index in [1.54, 1.807) is 6.07 Å². The molecule has 1 saturated heterocycles. The molecule has 0 saturated carbocycles. The van der Waals surface area contributed by atoms with Crippen molar-refractivity contribution in [3.8, 4) is 0 Å². The number of nitrogens with zero attached hydrogens (tertiary/aromatic N) is 3. The SMILES string of the molecule is Cc1noc(C)c1CC(=O)N1CCC(c2cc(C(N)=O)n[nH]2)CC1. The molecule has 128 valence electrons. The zero-order chi connectivity index (χ0) is 17.3. The number of carbonyl (C=O) groups is 2. The summed E-state index contributed by atoms with van der Waals surface area (Å²) in [6.45, 7) is 5.03. The van der Waals surface area contributed by atoms with E-state index in [-0.39, 0.29) is 17.5 Å². The highest BCUT2D eigenvalue weighted by molar-refractivity contribution is 5.90. The molecule has 2 aromatic rings. The Kier molecular flexibility index (Phi) is 4.37. The Morgan fingerprint density at radius 2 is 2.08 bits per heavy atom. The molecule has 8 nitrogen and oxygen atoms in total. The average Bonchev–Trinajstić information content (AvgIpc) is 3.18. The third-order valence-electron chi connectivity index (χ3n) is 4.65. The van der Waals surface area contributed by atoms with Gasteiger partial charge in [-0.15, -0.1) is 0 Å². The summed E-state index contributed by atoms with van der Waals surface area (Å²) in [6, 6.07) is 1.70. The van der Waals surface area contributed by atoms with Crippen molar-refractivity contribution in [2.45, 2.75) is 39.0 Å². The molecule has 0 spiro atoms. The Morgan fingerprint density at radius 1 is 1.38 bits per heavy atom. The topological polar surface area (TPSA) is 118 Å². The number of carbonyl (C=O) groups excluding carboxylic acids is 2. The van der Waals surface area contributed by atoms with Gasteiger partial charge in [-0.25, -0.2) is 0 Å². The Morgan fingerprint density at radius 3 is 2.62 bits per heavy atom. The predicted molar refractivity (Wildman–Crippen MR) is 85.3 cm³/mol. The number of aromatic amines is 1. The zero-order valence-corrected chi connectivity index (χ0v) is 13.8. The lowest BCUT2D eigenvalue weighted by atomic mass is 9.93. The molecule has 24 heavy (non-hydrogen) atoms. The van der Waals surface area contributed by atoms with Gasteiger partial charge < -0.3 is 15.2 Å². The highest BCUT2D eigenvalue weighted by Gasteiger charge is 2.26. The van der Waals surface area contributed by atoms with Gasteiger partial charge in [0.25, 0.3) is 5.91 Å². The van der Waals surface area contributed by atoms with Gasteiger partial charge in [0.05, 0.1) is 12.1 Å². The number of nitrogens with two attached hydrogens (primary N) is 1. The average molecular weight is 331 g/mol. The van der Waals surface area contributed by atoms with E-state index in [4.69, 9.17) is 10.3 Å². The van der Waals surface area contributed by atoms with Gasteiger partial charge in [0, 0.05) is 30.3 Å². The van der Waals surface area contributed by atoms with E-state index < -0.39 is 5.91 Å². The number of amides is 2. The first-order chi connectivity index (χ1) is 11.5. The van der Waals surface area contributed by atoms with Crippen molar-refractivity contribution in [3.63, 3.8) is 0 Å². The number of hydrogen-bond acceptors (Lipinski definition) is 5. The van der Waals surface area contributed by atoms with Crippen LogP contribution in [0.25, 0.3) is 0 Å². The summed E-state index contributed by atoms with van der Waals surface area (Å²) >= 11 is 0. The monoisotopic (exact) mass is 331 g/mol. The van der Waals surface area contributed by atoms with Gasteiger partial charge in [-0.3, -0.25) is 14.7 Å². The lowest BCUT2D eigenvalue weighted by Gasteiger charge is -2.31. The fourth-order valence-corrected chi connectivity index (χ4v) is 3.13. The number of rotatable bonds is 4. The van der Waals surface area contributed by atoms with Gasteiger partial charge in [-0.1, -0.05) is 5.16 Å². The third-order valence-corrected chi connectivity index (χ3v) is 4.65. The maximum Gasteiger partial charge on any atom is 0.269 e. The maximum atomic E-state index is 12.5. The highest BCUT2D eigenvalue weighted by Crippen LogP contribution is 2.27. The molecular weight excluding hydrogens is 310 g/mol. The predicted octanol–water partition coefficient (Wildman–Crippen LogP) is 1.06. The molecule has 0 unspecified atom stereocenters. The minimum atomic E-state index is -0.537. The molecule has 8 heteroatoms. The zero-order valence-electron chi connectivity index (χ0n) is 13.8. The standard InChI is InChI=1S/C16H21N5O3/c1-9-12(10(2)24-20-9)7-15(22)21-5-3-11(4-6-21)13-8-14(16(17)23)19-18-13/h8,11H,3-7H2,1-2H3,(H2,17,23)(H,18,19). The fourth-order valence-electron chi connectivity index (χ4n) is 3.13. The van der Waals surface area contributed by atoms with Crippen LogP contribution in [-0.4, -0.2) is 45.2 Å². The molecule has 0 aromatic carbocycles. The molecule has 1 fully saturated rings. The molecule has 3 heterocycles. The van der Waals surface area contributed by atoms with Crippen LogP contribution in [-0.2, 0) is 11.2 Å². The van der Waals surface area contributed by atoms with E-state index in [0.717, 1.165) is 29.8 Å². The van der Waals surface area contributed by atoms with Crippen molar-refractivity contribution in [2.24, 2.45) is 5.73 Å². The van der Waals surface area contributed by atoms with Crippen LogP contribution in [0.4, 0.5) is 0 Å². The molecule has 1 aliphatic rings. The minimum absolute atomic E-state index is 0.0882. The summed E-state index contributed by atoms with van der Waals surface area (Å²) < 4.78 is 5.11. The first-order valence-corrected chi connectivity index (χ1v) is 8.00. The molecule has 3 N–H and O–H groups in total. The Hall–Kier alpha value is -2.64. The van der Waals surface area contributed by atoms with Crippen LogP contribution in [0.1, 0.15) is 52.0 Å². The van der Waals surface area contributed by atoms with Gasteiger partial charge in [-0.2, -0.15) is 5.10 Å². The molecule has 0 radical (unpaired) electrons. The minimum Gasteiger partial charge on any atom is -0.364 e. The quantitative estimate of drug-likeness (QED) is 0.868. The summed E-state index contributed by atoms with van der Waals surface area (Å²) in [7, 11) is 0. The highest BCUT2D eigenvalue weighted by atomic mass is 16.5. The largest absolute Gasteiger partial charge is 0.364 e. The van der Waals surface area contributed by atoms with E-state index in [2.05, 4.69) is 15.4 Å². The van der Waals surface area contributed by atoms with Crippen molar-refractivity contribution >= 4 is 11.8 Å². The number of nitrogens with one attached hydrogen (secondary N) is 1. The smallest absolute Gasteiger partial charge is 0.269 e. The number of piperidine rings is 1. The van der Waals surface area contributed by atoms with Gasteiger partial charge in [0.1, 0.15) is 11.5 Å². The first kappa shape index (κ1) is 16.2. The van der Waals surface area contributed by atoms with Crippen LogP contribution in [0.3, 0.4) is 0 Å². The van der Waals surface area contributed by atoms with E-state index in [0.29, 0.717) is 25.3 Å². The van der Waals surface area contributed by atoms with Crippen LogP contribution in [0, 0.1) is 13.8 Å². The summed E-state index contributed by atoms with van der Waals surface area (Å²) in [4.78, 5) is 25.5. The van der Waals surface area contributed by atoms with E-state index in [1.807, 2.05) is 18.7 Å². The second kappa shape index (κ2) is 6.46. The van der Waals surface area contributed by atoms with Crippen molar-refractivity contribution in [1.82, 2.24) is 20.3 Å². The Labute approximate surface area is 139 Å². The molecule has 1 aliphatic heterocycles. The normalized spacial score (nSPS) is 15.7. The van der Waals surface area contributed by atoms with Crippen LogP contribution in [0.2, 0.25) is 0 Å². The number of aryl methyl sites for hydroxylation is 2. The van der Waals surface area contributed by atoms with E-state index in [9.17, 15) is 9.59 Å². The number of aromatic nitrogens is 3. The second-order valence-electron chi connectivity index (χ2n) is 6.21. The molecular formula is C16H21N5O3. The lowest BCUT2D eigenvalue weighted by molar-refractivity contribution is -0.131. The summed E-state index contributed by atoms with van der Waals surface area (Å²) in [5.41, 5.74) is 8.02. The fraction of sp³-hybridized carbons (Fsp3) is 0.500. The molecule has 0 bridgehead atoms. The maximum absolute atomic E-state index is 12.5. The molecule has 3 rings (SSSR count). The van der Waals surface area contributed by atoms with Gasteiger partial charge in [0.15, 0.2) is 0 Å². The first-order valence-electron chi connectivity index (χ1n) is 8.00. The number of hydrogen-bond donors (Lipinski definition) is 2. The van der Waals surface area contributed by atoms with Crippen molar-refractivity contribution in [1.29, 1.82) is 0 Å². The Balaban J connectivity index is 1.58. The van der Waals surface area contributed by atoms with E-state index in [1.165, 1.54) is 0 Å². The van der Waals surface area contributed by atoms with Crippen LogP contribution in [0.15, 0.2) is 10.6 Å². The number of likely N-dealkylation sites (tertiary alicyclic amines) is 1. The number of H-pyrrole nitrogens is 1. The molecule has 2 aromatic heterocycles. The molecule has 0 aliphatic carbocycles. The van der Waals surface area contributed by atoms with Crippen LogP contribution >= 0.6 is 0 Å². The lowest BCUT2D eigenvalue weighted by Crippen LogP contribution is -2.39. The van der Waals surface area contributed by atoms with Gasteiger partial charge in [0.2, 0.25) is 5.91 Å². The number of primary amides is 1. The molecule has 0 atom stereocenters.